The molecule has 0 heterocycles. The standard InChI is InChI=1S/C18H21NO3/c1-18(21,16-6-4-3-5-7-16)13-19-12-14-8-10-15(11-9-14)17(20)22-2/h3-11,19,21H,12-13H2,1-2H3. The van der Waals surface area contributed by atoms with Crippen LogP contribution in [0.4, 0.5) is 0 Å². The minimum Gasteiger partial charge on any atom is -0.465 e. The van der Waals surface area contributed by atoms with Crippen molar-refractivity contribution >= 4 is 5.97 Å². The van der Waals surface area contributed by atoms with E-state index in [1.165, 1.54) is 7.11 Å². The van der Waals surface area contributed by atoms with Gasteiger partial charge >= 0.3 is 5.97 Å². The third kappa shape index (κ3) is 4.16. The number of benzene rings is 2. The van der Waals surface area contributed by atoms with Gasteiger partial charge in [-0.25, -0.2) is 4.79 Å². The van der Waals surface area contributed by atoms with Crippen LogP contribution in [0.25, 0.3) is 0 Å². The van der Waals surface area contributed by atoms with E-state index in [4.69, 9.17) is 0 Å². The van der Waals surface area contributed by atoms with Crippen LogP contribution in [-0.4, -0.2) is 24.7 Å². The molecule has 2 aromatic rings. The highest BCUT2D eigenvalue weighted by Crippen LogP contribution is 2.19. The molecule has 4 heteroatoms. The highest BCUT2D eigenvalue weighted by molar-refractivity contribution is 5.89. The van der Waals surface area contributed by atoms with Gasteiger partial charge in [0.15, 0.2) is 0 Å². The quantitative estimate of drug-likeness (QED) is 0.805. The molecule has 0 bridgehead atoms. The van der Waals surface area contributed by atoms with Gasteiger partial charge in [0.05, 0.1) is 18.3 Å². The molecule has 0 radical (unpaired) electrons. The van der Waals surface area contributed by atoms with Gasteiger partial charge in [-0.1, -0.05) is 42.5 Å². The molecule has 0 fully saturated rings. The average molecular weight is 299 g/mol. The summed E-state index contributed by atoms with van der Waals surface area (Å²) < 4.78 is 4.66. The summed E-state index contributed by atoms with van der Waals surface area (Å²) in [6.07, 6.45) is 0. The van der Waals surface area contributed by atoms with Gasteiger partial charge in [-0.3, -0.25) is 0 Å². The van der Waals surface area contributed by atoms with Crippen LogP contribution in [-0.2, 0) is 16.9 Å². The number of hydrogen-bond acceptors (Lipinski definition) is 4. The van der Waals surface area contributed by atoms with Crippen LogP contribution in [0, 0.1) is 0 Å². The van der Waals surface area contributed by atoms with Gasteiger partial charge in [0.25, 0.3) is 0 Å². The van der Waals surface area contributed by atoms with Gasteiger partial charge in [0, 0.05) is 13.1 Å². The summed E-state index contributed by atoms with van der Waals surface area (Å²) in [5.74, 6) is -0.341. The summed E-state index contributed by atoms with van der Waals surface area (Å²) in [5, 5.41) is 13.7. The molecule has 4 nitrogen and oxygen atoms in total. The van der Waals surface area contributed by atoms with Gasteiger partial charge in [-0.05, 0) is 30.2 Å². The molecule has 0 amide bonds. The first-order chi connectivity index (χ1) is 10.5. The van der Waals surface area contributed by atoms with E-state index in [0.717, 1.165) is 11.1 Å². The Morgan fingerprint density at radius 3 is 2.36 bits per heavy atom. The van der Waals surface area contributed by atoms with Crippen LogP contribution in [0.2, 0.25) is 0 Å². The fourth-order valence-electron chi connectivity index (χ4n) is 2.23. The van der Waals surface area contributed by atoms with Crippen LogP contribution >= 0.6 is 0 Å². The summed E-state index contributed by atoms with van der Waals surface area (Å²) in [6, 6.07) is 16.8. The topological polar surface area (TPSA) is 58.6 Å². The summed E-state index contributed by atoms with van der Waals surface area (Å²) in [6.45, 7) is 2.84. The molecule has 1 unspecified atom stereocenters. The van der Waals surface area contributed by atoms with Gasteiger partial charge in [0.2, 0.25) is 0 Å². The maximum atomic E-state index is 11.4. The van der Waals surface area contributed by atoms with Crippen molar-refractivity contribution in [3.63, 3.8) is 0 Å². The second-order valence-corrected chi connectivity index (χ2v) is 5.43. The van der Waals surface area contributed by atoms with Crippen LogP contribution < -0.4 is 5.32 Å². The highest BCUT2D eigenvalue weighted by atomic mass is 16.5. The number of carbonyl (C=O) groups is 1. The molecule has 0 spiro atoms. The Hall–Kier alpha value is -2.17. The molecule has 116 valence electrons. The zero-order chi connectivity index (χ0) is 16.0. The lowest BCUT2D eigenvalue weighted by Gasteiger charge is -2.24. The smallest absolute Gasteiger partial charge is 0.337 e. The number of rotatable bonds is 6. The van der Waals surface area contributed by atoms with Crippen molar-refractivity contribution < 1.29 is 14.6 Å². The lowest BCUT2D eigenvalue weighted by atomic mass is 9.96. The van der Waals surface area contributed by atoms with E-state index in [-0.39, 0.29) is 5.97 Å². The monoisotopic (exact) mass is 299 g/mol. The number of hydrogen-bond donors (Lipinski definition) is 2. The van der Waals surface area contributed by atoms with Crippen molar-refractivity contribution in [3.05, 3.63) is 71.3 Å². The van der Waals surface area contributed by atoms with Crippen molar-refractivity contribution in [1.29, 1.82) is 0 Å². The Morgan fingerprint density at radius 1 is 1.14 bits per heavy atom. The van der Waals surface area contributed by atoms with E-state index in [1.54, 1.807) is 19.1 Å². The SMILES string of the molecule is COC(=O)c1ccc(CNCC(C)(O)c2ccccc2)cc1. The van der Waals surface area contributed by atoms with Gasteiger partial charge < -0.3 is 15.2 Å². The first-order valence-corrected chi connectivity index (χ1v) is 7.19. The second kappa shape index (κ2) is 7.20. The number of nitrogens with one attached hydrogen (secondary N) is 1. The normalized spacial score (nSPS) is 13.4. The molecule has 0 saturated heterocycles. The minimum absolute atomic E-state index is 0.341. The lowest BCUT2D eigenvalue weighted by Crippen LogP contribution is -2.35. The maximum absolute atomic E-state index is 11.4. The van der Waals surface area contributed by atoms with E-state index >= 15 is 0 Å². The van der Waals surface area contributed by atoms with Crippen molar-refractivity contribution in [3.8, 4) is 0 Å². The predicted octanol–water partition coefficient (Wildman–Crippen LogP) is 2.47. The van der Waals surface area contributed by atoms with E-state index in [0.29, 0.717) is 18.7 Å². The van der Waals surface area contributed by atoms with Gasteiger partial charge in [-0.15, -0.1) is 0 Å². The molecule has 22 heavy (non-hydrogen) atoms. The molecule has 1 atom stereocenters. The molecule has 2 rings (SSSR count). The first kappa shape index (κ1) is 16.2. The zero-order valence-electron chi connectivity index (χ0n) is 12.9. The molecule has 0 aliphatic carbocycles. The third-order valence-electron chi connectivity index (χ3n) is 3.57. The zero-order valence-corrected chi connectivity index (χ0v) is 12.9. The fourth-order valence-corrected chi connectivity index (χ4v) is 2.23. The Labute approximate surface area is 130 Å². The van der Waals surface area contributed by atoms with Gasteiger partial charge in [-0.2, -0.15) is 0 Å². The molecule has 0 aliphatic rings. The van der Waals surface area contributed by atoms with Crippen molar-refractivity contribution in [2.75, 3.05) is 13.7 Å². The van der Waals surface area contributed by atoms with Crippen LogP contribution in [0.15, 0.2) is 54.6 Å². The van der Waals surface area contributed by atoms with Gasteiger partial charge in [0.1, 0.15) is 0 Å². The summed E-state index contributed by atoms with van der Waals surface area (Å²) in [4.78, 5) is 11.4. The van der Waals surface area contributed by atoms with E-state index in [9.17, 15) is 9.90 Å². The number of carbonyl (C=O) groups excluding carboxylic acids is 1. The Bertz CT molecular complexity index is 606. The fraction of sp³-hybridized carbons (Fsp3) is 0.278. The van der Waals surface area contributed by atoms with E-state index < -0.39 is 5.60 Å². The number of ether oxygens (including phenoxy) is 1. The van der Waals surface area contributed by atoms with Crippen molar-refractivity contribution in [1.82, 2.24) is 5.32 Å². The first-order valence-electron chi connectivity index (χ1n) is 7.19. The largest absolute Gasteiger partial charge is 0.465 e. The van der Waals surface area contributed by atoms with Crippen molar-refractivity contribution in [2.45, 2.75) is 19.1 Å². The average Bonchev–Trinajstić information content (AvgIpc) is 2.55. The minimum atomic E-state index is -0.923. The second-order valence-electron chi connectivity index (χ2n) is 5.43. The predicted molar refractivity (Wildman–Crippen MR) is 85.5 cm³/mol. The number of methoxy groups -OCH3 is 1. The highest BCUT2D eigenvalue weighted by Gasteiger charge is 2.21. The summed E-state index contributed by atoms with van der Waals surface area (Å²) in [5.41, 5.74) is 1.52. The Morgan fingerprint density at radius 2 is 1.77 bits per heavy atom. The molecule has 2 N–H and O–H groups in total. The molecule has 0 saturated carbocycles. The Kier molecular flexibility index (Phi) is 5.31. The summed E-state index contributed by atoms with van der Waals surface area (Å²) >= 11 is 0. The maximum Gasteiger partial charge on any atom is 0.337 e. The molecular formula is C18H21NO3. The van der Waals surface area contributed by atoms with Crippen LogP contribution in [0.5, 0.6) is 0 Å². The van der Waals surface area contributed by atoms with Crippen LogP contribution in [0.1, 0.15) is 28.4 Å². The molecule has 2 aromatic carbocycles. The van der Waals surface area contributed by atoms with Crippen LogP contribution in [0.3, 0.4) is 0 Å². The molecule has 0 aliphatic heterocycles. The Balaban J connectivity index is 1.89. The number of aliphatic hydroxyl groups is 1. The third-order valence-corrected chi connectivity index (χ3v) is 3.57. The lowest BCUT2D eigenvalue weighted by molar-refractivity contribution is 0.0566. The van der Waals surface area contributed by atoms with E-state index in [2.05, 4.69) is 10.1 Å². The van der Waals surface area contributed by atoms with Crippen molar-refractivity contribution in [2.24, 2.45) is 0 Å². The summed E-state index contributed by atoms with van der Waals surface area (Å²) in [7, 11) is 1.36. The number of esters is 1. The van der Waals surface area contributed by atoms with E-state index in [1.807, 2.05) is 42.5 Å². The molecular weight excluding hydrogens is 278 g/mol. The molecule has 0 aromatic heterocycles.